The first-order valence-electron chi connectivity index (χ1n) is 6.88. The van der Waals surface area contributed by atoms with Gasteiger partial charge < -0.3 is 5.32 Å². The molecule has 120 valence electrons. The van der Waals surface area contributed by atoms with Crippen molar-refractivity contribution in [1.29, 1.82) is 0 Å². The summed E-state index contributed by atoms with van der Waals surface area (Å²) < 4.78 is 0.994. The number of halogens is 1. The van der Waals surface area contributed by atoms with Crippen LogP contribution in [0.25, 0.3) is 0 Å². The van der Waals surface area contributed by atoms with Gasteiger partial charge in [0.05, 0.1) is 16.7 Å². The van der Waals surface area contributed by atoms with E-state index in [4.69, 9.17) is 0 Å². The predicted octanol–water partition coefficient (Wildman–Crippen LogP) is 4.33. The molecule has 1 amide bonds. The molecule has 0 aliphatic rings. The number of benzene rings is 2. The molecule has 7 heteroatoms. The molecule has 0 bridgehead atoms. The highest BCUT2D eigenvalue weighted by atomic mass is 79.9. The third-order valence-corrected chi connectivity index (χ3v) is 4.71. The fourth-order valence-corrected chi connectivity index (χ4v) is 2.90. The zero-order valence-corrected chi connectivity index (χ0v) is 14.8. The number of nitro groups is 1. The lowest BCUT2D eigenvalue weighted by molar-refractivity contribution is -0.384. The van der Waals surface area contributed by atoms with Crippen molar-refractivity contribution >= 4 is 39.3 Å². The first kappa shape index (κ1) is 17.5. The standard InChI is InChI=1S/C16H15BrN2O3S/c1-11(12-2-4-13(17)5-3-12)18-16(20)10-23-15-8-6-14(7-9-15)19(21)22/h2-9,11H,10H2,1H3,(H,18,20). The third kappa shape index (κ3) is 5.37. The maximum atomic E-state index is 12.0. The summed E-state index contributed by atoms with van der Waals surface area (Å²) in [6.45, 7) is 1.93. The Balaban J connectivity index is 1.84. The van der Waals surface area contributed by atoms with Crippen LogP contribution in [0.1, 0.15) is 18.5 Å². The minimum Gasteiger partial charge on any atom is -0.349 e. The first-order chi connectivity index (χ1) is 11.0. The topological polar surface area (TPSA) is 72.2 Å². The van der Waals surface area contributed by atoms with Gasteiger partial charge in [0.15, 0.2) is 0 Å². The van der Waals surface area contributed by atoms with E-state index in [9.17, 15) is 14.9 Å². The molecule has 0 aromatic heterocycles. The van der Waals surface area contributed by atoms with Gasteiger partial charge in [-0.25, -0.2) is 0 Å². The lowest BCUT2D eigenvalue weighted by Gasteiger charge is -2.14. The van der Waals surface area contributed by atoms with Crippen molar-refractivity contribution in [2.24, 2.45) is 0 Å². The number of rotatable bonds is 6. The zero-order chi connectivity index (χ0) is 16.8. The van der Waals surface area contributed by atoms with Crippen LogP contribution >= 0.6 is 27.7 Å². The molecule has 0 aliphatic carbocycles. The van der Waals surface area contributed by atoms with Crippen LogP contribution in [-0.4, -0.2) is 16.6 Å². The highest BCUT2D eigenvalue weighted by Crippen LogP contribution is 2.22. The number of non-ortho nitro benzene ring substituents is 1. The van der Waals surface area contributed by atoms with Crippen molar-refractivity contribution in [3.8, 4) is 0 Å². The fourth-order valence-electron chi connectivity index (χ4n) is 1.93. The molecule has 23 heavy (non-hydrogen) atoms. The van der Waals surface area contributed by atoms with E-state index in [0.717, 1.165) is 14.9 Å². The van der Waals surface area contributed by atoms with Gasteiger partial charge in [-0.2, -0.15) is 0 Å². The van der Waals surface area contributed by atoms with Crippen LogP contribution < -0.4 is 5.32 Å². The number of thioether (sulfide) groups is 1. The van der Waals surface area contributed by atoms with Crippen molar-refractivity contribution in [3.05, 3.63) is 68.7 Å². The summed E-state index contributed by atoms with van der Waals surface area (Å²) in [6.07, 6.45) is 0. The Kier molecular flexibility index (Phi) is 6.18. The maximum Gasteiger partial charge on any atom is 0.269 e. The van der Waals surface area contributed by atoms with Crippen LogP contribution in [0.15, 0.2) is 57.9 Å². The minimum atomic E-state index is -0.443. The normalized spacial score (nSPS) is 11.7. The second-order valence-electron chi connectivity index (χ2n) is 4.88. The minimum absolute atomic E-state index is 0.0441. The average Bonchev–Trinajstić information content (AvgIpc) is 2.54. The molecule has 0 fully saturated rings. The Labute approximate surface area is 146 Å². The van der Waals surface area contributed by atoms with Crippen molar-refractivity contribution in [2.45, 2.75) is 17.9 Å². The van der Waals surface area contributed by atoms with Gasteiger partial charge in [0.2, 0.25) is 5.91 Å². The third-order valence-electron chi connectivity index (χ3n) is 3.16. The van der Waals surface area contributed by atoms with Gasteiger partial charge >= 0.3 is 0 Å². The van der Waals surface area contributed by atoms with Crippen LogP contribution in [0.3, 0.4) is 0 Å². The Morgan fingerprint density at radius 2 is 1.83 bits per heavy atom. The highest BCUT2D eigenvalue weighted by molar-refractivity contribution is 9.10. The predicted molar refractivity (Wildman–Crippen MR) is 94.5 cm³/mol. The van der Waals surface area contributed by atoms with E-state index in [1.54, 1.807) is 12.1 Å². The smallest absolute Gasteiger partial charge is 0.269 e. The second-order valence-corrected chi connectivity index (χ2v) is 6.84. The van der Waals surface area contributed by atoms with E-state index in [1.807, 2.05) is 31.2 Å². The molecule has 0 spiro atoms. The Morgan fingerprint density at radius 1 is 1.22 bits per heavy atom. The Bertz CT molecular complexity index is 689. The number of nitrogens with zero attached hydrogens (tertiary/aromatic N) is 1. The molecule has 0 aliphatic heterocycles. The van der Waals surface area contributed by atoms with Crippen molar-refractivity contribution in [1.82, 2.24) is 5.32 Å². The van der Waals surface area contributed by atoms with Gasteiger partial charge in [-0.1, -0.05) is 28.1 Å². The maximum absolute atomic E-state index is 12.0. The molecule has 1 atom stereocenters. The summed E-state index contributed by atoms with van der Waals surface area (Å²) in [4.78, 5) is 23.0. The van der Waals surface area contributed by atoms with Crippen molar-refractivity contribution in [2.75, 3.05) is 5.75 Å². The quantitative estimate of drug-likeness (QED) is 0.449. The number of hydrogen-bond donors (Lipinski definition) is 1. The van der Waals surface area contributed by atoms with Crippen molar-refractivity contribution in [3.63, 3.8) is 0 Å². The van der Waals surface area contributed by atoms with Gasteiger partial charge in [0.1, 0.15) is 0 Å². The molecule has 2 rings (SSSR count). The number of hydrogen-bond acceptors (Lipinski definition) is 4. The zero-order valence-electron chi connectivity index (χ0n) is 12.4. The largest absolute Gasteiger partial charge is 0.349 e. The van der Waals surface area contributed by atoms with E-state index < -0.39 is 4.92 Å². The molecular weight excluding hydrogens is 380 g/mol. The highest BCUT2D eigenvalue weighted by Gasteiger charge is 2.10. The van der Waals surface area contributed by atoms with Gasteiger partial charge in [-0.05, 0) is 36.8 Å². The van der Waals surface area contributed by atoms with Gasteiger partial charge in [0, 0.05) is 21.5 Å². The van der Waals surface area contributed by atoms with Crippen LogP contribution in [0, 0.1) is 10.1 Å². The molecule has 2 aromatic carbocycles. The summed E-state index contributed by atoms with van der Waals surface area (Å²) in [6, 6.07) is 13.9. The summed E-state index contributed by atoms with van der Waals surface area (Å²) in [7, 11) is 0. The number of carbonyl (C=O) groups excluding carboxylic acids is 1. The van der Waals surface area contributed by atoms with Crippen molar-refractivity contribution < 1.29 is 9.72 Å². The van der Waals surface area contributed by atoms with Crippen LogP contribution in [0.5, 0.6) is 0 Å². The van der Waals surface area contributed by atoms with E-state index >= 15 is 0 Å². The van der Waals surface area contributed by atoms with E-state index in [0.29, 0.717) is 0 Å². The molecule has 0 saturated heterocycles. The van der Waals surface area contributed by atoms with Crippen LogP contribution in [-0.2, 0) is 4.79 Å². The van der Waals surface area contributed by atoms with E-state index in [-0.39, 0.29) is 23.4 Å². The van der Waals surface area contributed by atoms with Crippen LogP contribution in [0.4, 0.5) is 5.69 Å². The number of nitrogens with one attached hydrogen (secondary N) is 1. The lowest BCUT2D eigenvalue weighted by atomic mass is 10.1. The monoisotopic (exact) mass is 394 g/mol. The Morgan fingerprint density at radius 3 is 2.39 bits per heavy atom. The SMILES string of the molecule is CC(NC(=O)CSc1ccc([N+](=O)[O-])cc1)c1ccc(Br)cc1. The molecule has 5 nitrogen and oxygen atoms in total. The summed E-state index contributed by atoms with van der Waals surface area (Å²) >= 11 is 4.72. The van der Waals surface area contributed by atoms with Gasteiger partial charge in [0.25, 0.3) is 5.69 Å². The Hall–Kier alpha value is -1.86. The summed E-state index contributed by atoms with van der Waals surface area (Å²) in [5.74, 6) is 0.183. The molecule has 1 N–H and O–H groups in total. The number of amides is 1. The summed E-state index contributed by atoms with van der Waals surface area (Å²) in [5, 5.41) is 13.5. The van der Waals surface area contributed by atoms with E-state index in [1.165, 1.54) is 23.9 Å². The molecule has 1 unspecified atom stereocenters. The average molecular weight is 395 g/mol. The van der Waals surface area contributed by atoms with E-state index in [2.05, 4.69) is 21.2 Å². The second kappa shape index (κ2) is 8.12. The van der Waals surface area contributed by atoms with Gasteiger partial charge in [-0.3, -0.25) is 14.9 Å². The molecule has 2 aromatic rings. The number of carbonyl (C=O) groups is 1. The van der Waals surface area contributed by atoms with Gasteiger partial charge in [-0.15, -0.1) is 11.8 Å². The first-order valence-corrected chi connectivity index (χ1v) is 8.65. The lowest BCUT2D eigenvalue weighted by Crippen LogP contribution is -2.28. The molecule has 0 radical (unpaired) electrons. The molecule has 0 heterocycles. The molecular formula is C16H15BrN2O3S. The van der Waals surface area contributed by atoms with Crippen LogP contribution in [0.2, 0.25) is 0 Å². The molecule has 0 saturated carbocycles. The number of nitro benzene ring substituents is 1. The summed E-state index contributed by atoms with van der Waals surface area (Å²) in [5.41, 5.74) is 1.07. The fraction of sp³-hybridized carbons (Fsp3) is 0.188.